The van der Waals surface area contributed by atoms with E-state index in [2.05, 4.69) is 6.92 Å². The Morgan fingerprint density at radius 1 is 0.750 bits per heavy atom. The maximum absolute atomic E-state index is 9.13. The lowest BCUT2D eigenvalue weighted by Gasteiger charge is -2.12. The lowest BCUT2D eigenvalue weighted by molar-refractivity contribution is 0.206. The van der Waals surface area contributed by atoms with Gasteiger partial charge in [-0.25, -0.2) is 0 Å². The summed E-state index contributed by atoms with van der Waals surface area (Å²) in [6, 6.07) is 0. The Morgan fingerprint density at radius 2 is 1.31 bits per heavy atom. The highest BCUT2D eigenvalue weighted by Gasteiger charge is 2.05. The molecule has 2 heteroatoms. The molecule has 0 radical (unpaired) electrons. The highest BCUT2D eigenvalue weighted by atomic mass is 16.3. The minimum atomic E-state index is 0.342. The summed E-state index contributed by atoms with van der Waals surface area (Å²) in [5, 5.41) is 17.8. The summed E-state index contributed by atoms with van der Waals surface area (Å²) in [6.45, 7) is 2.89. The van der Waals surface area contributed by atoms with Gasteiger partial charge in [-0.2, -0.15) is 0 Å². The van der Waals surface area contributed by atoms with Gasteiger partial charge in [-0.1, -0.05) is 51.9 Å². The van der Waals surface area contributed by atoms with Crippen LogP contribution in [0, 0.1) is 5.92 Å². The van der Waals surface area contributed by atoms with E-state index >= 15 is 0 Å². The average Bonchev–Trinajstić information content (AvgIpc) is 2.31. The molecule has 0 aliphatic rings. The maximum Gasteiger partial charge on any atom is 0.0459 e. The lowest BCUT2D eigenvalue weighted by Crippen LogP contribution is -2.05. The Bertz CT molecular complexity index is 126. The summed E-state index contributed by atoms with van der Waals surface area (Å²) in [5.74, 6) is 0.541. The number of hydrogen-bond donors (Lipinski definition) is 2. The number of hydrogen-bond acceptors (Lipinski definition) is 2. The molecule has 0 saturated carbocycles. The lowest BCUT2D eigenvalue weighted by atomic mass is 9.97. The van der Waals surface area contributed by atoms with Crippen LogP contribution in [0.1, 0.15) is 71.1 Å². The van der Waals surface area contributed by atoms with Gasteiger partial charge in [0.1, 0.15) is 0 Å². The maximum atomic E-state index is 9.13. The van der Waals surface area contributed by atoms with E-state index in [1.165, 1.54) is 57.8 Å². The first kappa shape index (κ1) is 15.9. The molecule has 0 aliphatic heterocycles. The third-order valence-corrected chi connectivity index (χ3v) is 3.23. The van der Waals surface area contributed by atoms with E-state index in [-0.39, 0.29) is 0 Å². The van der Waals surface area contributed by atoms with E-state index in [4.69, 9.17) is 10.2 Å². The number of aliphatic hydroxyl groups excluding tert-OH is 2. The van der Waals surface area contributed by atoms with E-state index in [1.807, 2.05) is 0 Å². The van der Waals surface area contributed by atoms with Gasteiger partial charge >= 0.3 is 0 Å². The molecule has 2 nitrogen and oxygen atoms in total. The Morgan fingerprint density at radius 3 is 1.81 bits per heavy atom. The predicted molar refractivity (Wildman–Crippen MR) is 69.5 cm³/mol. The van der Waals surface area contributed by atoms with E-state index < -0.39 is 0 Å². The van der Waals surface area contributed by atoms with Crippen LogP contribution in [0.4, 0.5) is 0 Å². The summed E-state index contributed by atoms with van der Waals surface area (Å²) in [7, 11) is 0. The predicted octanol–water partition coefficient (Wildman–Crippen LogP) is 3.51. The van der Waals surface area contributed by atoms with Gasteiger partial charge in [-0.15, -0.1) is 0 Å². The Balaban J connectivity index is 3.12. The van der Waals surface area contributed by atoms with Crippen molar-refractivity contribution < 1.29 is 10.2 Å². The van der Waals surface area contributed by atoms with Crippen LogP contribution in [0.25, 0.3) is 0 Å². The van der Waals surface area contributed by atoms with Crippen molar-refractivity contribution in [2.75, 3.05) is 13.2 Å². The van der Waals surface area contributed by atoms with Crippen molar-refractivity contribution in [2.45, 2.75) is 71.1 Å². The van der Waals surface area contributed by atoms with Crippen LogP contribution in [0.15, 0.2) is 0 Å². The largest absolute Gasteiger partial charge is 0.396 e. The normalized spacial score (nSPS) is 12.9. The minimum absolute atomic E-state index is 0.342. The van der Waals surface area contributed by atoms with Crippen LogP contribution in [0.3, 0.4) is 0 Å². The van der Waals surface area contributed by atoms with Gasteiger partial charge in [0, 0.05) is 13.2 Å². The Labute approximate surface area is 101 Å². The van der Waals surface area contributed by atoms with E-state index in [0.29, 0.717) is 19.1 Å². The smallest absolute Gasteiger partial charge is 0.0459 e. The second-order valence-corrected chi connectivity index (χ2v) is 4.82. The van der Waals surface area contributed by atoms with E-state index in [9.17, 15) is 0 Å². The first-order chi connectivity index (χ1) is 7.85. The molecule has 0 rings (SSSR count). The van der Waals surface area contributed by atoms with Gasteiger partial charge in [0.15, 0.2) is 0 Å². The van der Waals surface area contributed by atoms with Gasteiger partial charge in [0.25, 0.3) is 0 Å². The minimum Gasteiger partial charge on any atom is -0.396 e. The molecule has 0 aromatic carbocycles. The fraction of sp³-hybridized carbons (Fsp3) is 1.00. The molecule has 0 fully saturated rings. The van der Waals surface area contributed by atoms with Gasteiger partial charge in [0.05, 0.1) is 0 Å². The fourth-order valence-electron chi connectivity index (χ4n) is 2.16. The molecule has 16 heavy (non-hydrogen) atoms. The van der Waals surface area contributed by atoms with Crippen LogP contribution in [-0.4, -0.2) is 23.4 Å². The van der Waals surface area contributed by atoms with Crippen molar-refractivity contribution in [3.63, 3.8) is 0 Å². The molecular weight excluding hydrogens is 200 g/mol. The average molecular weight is 230 g/mol. The molecule has 0 saturated heterocycles. The summed E-state index contributed by atoms with van der Waals surface area (Å²) in [6.07, 6.45) is 12.1. The van der Waals surface area contributed by atoms with Crippen LogP contribution in [-0.2, 0) is 0 Å². The third kappa shape index (κ3) is 10.4. The molecular formula is C14H30O2. The van der Waals surface area contributed by atoms with E-state index in [0.717, 1.165) is 6.42 Å². The zero-order valence-electron chi connectivity index (χ0n) is 11.0. The molecule has 0 heterocycles. The first-order valence-corrected chi connectivity index (χ1v) is 7.06. The van der Waals surface area contributed by atoms with Gasteiger partial charge in [-0.3, -0.25) is 0 Å². The summed E-state index contributed by atoms with van der Waals surface area (Å²) >= 11 is 0. The van der Waals surface area contributed by atoms with Crippen molar-refractivity contribution in [2.24, 2.45) is 5.92 Å². The van der Waals surface area contributed by atoms with Crippen molar-refractivity contribution in [3.05, 3.63) is 0 Å². The molecule has 0 amide bonds. The molecule has 0 spiro atoms. The molecule has 0 aliphatic carbocycles. The van der Waals surface area contributed by atoms with Crippen LogP contribution in [0.5, 0.6) is 0 Å². The number of unbranched alkanes of at least 4 members (excludes halogenated alkanes) is 6. The fourth-order valence-corrected chi connectivity index (χ4v) is 2.16. The molecule has 0 aromatic rings. The summed E-state index contributed by atoms with van der Waals surface area (Å²) < 4.78 is 0. The summed E-state index contributed by atoms with van der Waals surface area (Å²) in [4.78, 5) is 0. The first-order valence-electron chi connectivity index (χ1n) is 7.06. The summed E-state index contributed by atoms with van der Waals surface area (Å²) in [5.41, 5.74) is 0. The second-order valence-electron chi connectivity index (χ2n) is 4.82. The van der Waals surface area contributed by atoms with Crippen molar-refractivity contribution in [1.82, 2.24) is 0 Å². The standard InChI is InChI=1S/C14H30O2/c1-2-10-14(13-16)11-8-6-4-3-5-7-9-12-15/h14-16H,2-13H2,1H3. The molecule has 1 unspecified atom stereocenters. The topological polar surface area (TPSA) is 40.5 Å². The molecule has 0 aromatic heterocycles. The third-order valence-electron chi connectivity index (χ3n) is 3.23. The highest BCUT2D eigenvalue weighted by molar-refractivity contribution is 4.57. The number of rotatable bonds is 12. The molecule has 98 valence electrons. The van der Waals surface area contributed by atoms with E-state index in [1.54, 1.807) is 0 Å². The van der Waals surface area contributed by atoms with Gasteiger partial charge in [-0.05, 0) is 25.2 Å². The monoisotopic (exact) mass is 230 g/mol. The second kappa shape index (κ2) is 13.0. The van der Waals surface area contributed by atoms with Gasteiger partial charge < -0.3 is 10.2 Å². The van der Waals surface area contributed by atoms with Crippen LogP contribution < -0.4 is 0 Å². The quantitative estimate of drug-likeness (QED) is 0.504. The van der Waals surface area contributed by atoms with Crippen LogP contribution >= 0.6 is 0 Å². The Hall–Kier alpha value is -0.0800. The van der Waals surface area contributed by atoms with Crippen molar-refractivity contribution in [3.8, 4) is 0 Å². The zero-order valence-corrected chi connectivity index (χ0v) is 11.0. The molecule has 0 bridgehead atoms. The van der Waals surface area contributed by atoms with Crippen molar-refractivity contribution in [1.29, 1.82) is 0 Å². The number of aliphatic hydroxyl groups is 2. The Kier molecular flexibility index (Phi) is 12.9. The molecule has 1 atom stereocenters. The SMILES string of the molecule is CCCC(CO)CCCCCCCCCO. The zero-order chi connectivity index (χ0) is 12.1. The molecule has 2 N–H and O–H groups in total. The highest BCUT2D eigenvalue weighted by Crippen LogP contribution is 2.16. The van der Waals surface area contributed by atoms with Gasteiger partial charge in [0.2, 0.25) is 0 Å². The van der Waals surface area contributed by atoms with Crippen molar-refractivity contribution >= 4 is 0 Å². The van der Waals surface area contributed by atoms with Crippen LogP contribution in [0.2, 0.25) is 0 Å².